The molecule has 0 heterocycles. The first-order chi connectivity index (χ1) is 7.24. The predicted molar refractivity (Wildman–Crippen MR) is 48.1 cm³/mol. The standard InChI is InChI=1S/C9H6N4O2/c10-3-7(4-11)9(15-2-1-14)8(5-12)6-13/h10,14H,1-2H2. The lowest BCUT2D eigenvalue weighted by Crippen LogP contribution is -2.04. The van der Waals surface area contributed by atoms with Gasteiger partial charge in [-0.25, -0.2) is 0 Å². The molecule has 0 aromatic heterocycles. The summed E-state index contributed by atoms with van der Waals surface area (Å²) >= 11 is 0. The van der Waals surface area contributed by atoms with Crippen LogP contribution in [0, 0.1) is 39.4 Å². The summed E-state index contributed by atoms with van der Waals surface area (Å²) in [5.41, 5.74) is -0.790. The summed E-state index contributed by atoms with van der Waals surface area (Å²) < 4.78 is 4.82. The quantitative estimate of drug-likeness (QED) is 0.287. The summed E-state index contributed by atoms with van der Waals surface area (Å²) in [6.45, 7) is -0.501. The zero-order valence-corrected chi connectivity index (χ0v) is 7.61. The maximum Gasteiger partial charge on any atom is 0.175 e. The second kappa shape index (κ2) is 6.88. The zero-order chi connectivity index (χ0) is 11.7. The van der Waals surface area contributed by atoms with Crippen molar-refractivity contribution in [1.29, 1.82) is 21.2 Å². The van der Waals surface area contributed by atoms with Gasteiger partial charge in [-0.3, -0.25) is 5.41 Å². The summed E-state index contributed by atoms with van der Waals surface area (Å²) in [4.78, 5) is 0. The zero-order valence-electron chi connectivity index (χ0n) is 7.61. The number of nitrogens with zero attached hydrogens (tertiary/aromatic N) is 3. The van der Waals surface area contributed by atoms with Crippen LogP contribution in [0.15, 0.2) is 16.9 Å². The van der Waals surface area contributed by atoms with Crippen LogP contribution >= 0.6 is 0 Å². The van der Waals surface area contributed by atoms with E-state index in [1.54, 1.807) is 11.9 Å². The van der Waals surface area contributed by atoms with E-state index in [-0.39, 0.29) is 24.5 Å². The van der Waals surface area contributed by atoms with E-state index in [1.165, 1.54) is 12.1 Å². The first-order valence-electron chi connectivity index (χ1n) is 3.73. The van der Waals surface area contributed by atoms with Gasteiger partial charge in [-0.15, -0.1) is 0 Å². The molecule has 0 bridgehead atoms. The minimum Gasteiger partial charge on any atom is -0.487 e. The topological polar surface area (TPSA) is 125 Å². The highest BCUT2D eigenvalue weighted by molar-refractivity contribution is 5.69. The van der Waals surface area contributed by atoms with Crippen molar-refractivity contribution in [2.24, 2.45) is 0 Å². The molecule has 0 aliphatic rings. The molecular formula is C9H6N4O2. The van der Waals surface area contributed by atoms with Crippen molar-refractivity contribution in [1.82, 2.24) is 0 Å². The first-order valence-corrected chi connectivity index (χ1v) is 3.73. The van der Waals surface area contributed by atoms with Crippen molar-refractivity contribution in [3.05, 3.63) is 16.9 Å². The Kier molecular flexibility index (Phi) is 5.70. The van der Waals surface area contributed by atoms with Crippen molar-refractivity contribution < 1.29 is 9.84 Å². The fraction of sp³-hybridized carbons (Fsp3) is 0.222. The molecule has 0 saturated carbocycles. The van der Waals surface area contributed by atoms with Gasteiger partial charge in [0.2, 0.25) is 0 Å². The molecule has 0 fully saturated rings. The van der Waals surface area contributed by atoms with Crippen LogP contribution in [-0.4, -0.2) is 24.2 Å². The Hall–Kier alpha value is -2.58. The third-order valence-corrected chi connectivity index (χ3v) is 1.25. The molecule has 0 amide bonds. The second-order valence-electron chi connectivity index (χ2n) is 2.11. The van der Waals surface area contributed by atoms with Crippen LogP contribution in [0.1, 0.15) is 0 Å². The normalized spacial score (nSPS) is 7.33. The summed E-state index contributed by atoms with van der Waals surface area (Å²) in [7, 11) is 0. The molecule has 0 rings (SSSR count). The summed E-state index contributed by atoms with van der Waals surface area (Å²) in [6.07, 6.45) is 0. The van der Waals surface area contributed by atoms with Gasteiger partial charge >= 0.3 is 0 Å². The number of hydrogen-bond acceptors (Lipinski definition) is 6. The number of hydrogen-bond donors (Lipinski definition) is 2. The SMILES string of the molecule is N#CC(=C=N)C(OCCO)=C(C#N)C#N. The second-order valence-corrected chi connectivity index (χ2v) is 2.11. The molecule has 0 spiro atoms. The van der Waals surface area contributed by atoms with Crippen molar-refractivity contribution in [2.75, 3.05) is 13.2 Å². The van der Waals surface area contributed by atoms with Crippen LogP contribution in [0.4, 0.5) is 0 Å². The molecule has 0 unspecified atom stereocenters. The van der Waals surface area contributed by atoms with Gasteiger partial charge in [0.1, 0.15) is 24.8 Å². The molecule has 0 aromatic carbocycles. The highest BCUT2D eigenvalue weighted by Crippen LogP contribution is 2.12. The lowest BCUT2D eigenvalue weighted by molar-refractivity contribution is 0.150. The van der Waals surface area contributed by atoms with Gasteiger partial charge < -0.3 is 9.84 Å². The fourth-order valence-corrected chi connectivity index (χ4v) is 0.679. The summed E-state index contributed by atoms with van der Waals surface area (Å²) in [5.74, 6) is 1.42. The first kappa shape index (κ1) is 12.4. The van der Waals surface area contributed by atoms with Gasteiger partial charge in [-0.05, 0) is 0 Å². The van der Waals surface area contributed by atoms with E-state index < -0.39 is 5.57 Å². The van der Waals surface area contributed by atoms with E-state index in [9.17, 15) is 0 Å². The summed E-state index contributed by atoms with van der Waals surface area (Å²) in [5, 5.41) is 40.9. The molecule has 0 radical (unpaired) electrons. The summed E-state index contributed by atoms with van der Waals surface area (Å²) in [6, 6.07) is 4.61. The molecular weight excluding hydrogens is 196 g/mol. The van der Waals surface area contributed by atoms with Crippen LogP contribution in [0.5, 0.6) is 0 Å². The van der Waals surface area contributed by atoms with E-state index in [4.69, 9.17) is 31.0 Å². The number of nitrogens with one attached hydrogen (secondary N) is 1. The number of allylic oxidation sites excluding steroid dienone is 2. The molecule has 6 heteroatoms. The van der Waals surface area contributed by atoms with Gasteiger partial charge in [0, 0.05) is 5.87 Å². The van der Waals surface area contributed by atoms with Crippen LogP contribution in [0.25, 0.3) is 0 Å². The van der Waals surface area contributed by atoms with Gasteiger partial charge in [0.25, 0.3) is 0 Å². The van der Waals surface area contributed by atoms with Crippen molar-refractivity contribution in [3.63, 3.8) is 0 Å². The van der Waals surface area contributed by atoms with Crippen molar-refractivity contribution >= 4 is 5.87 Å². The third kappa shape index (κ3) is 3.34. The molecule has 15 heavy (non-hydrogen) atoms. The number of aliphatic hydroxyl groups excluding tert-OH is 1. The maximum atomic E-state index is 8.57. The Balaban J connectivity index is 5.38. The Morgan fingerprint density at radius 3 is 2.13 bits per heavy atom. The minimum absolute atomic E-state index is 0.172. The Labute approximate surface area is 86.1 Å². The molecule has 2 N–H and O–H groups in total. The van der Waals surface area contributed by atoms with Crippen LogP contribution < -0.4 is 0 Å². The van der Waals surface area contributed by atoms with Crippen molar-refractivity contribution in [2.45, 2.75) is 0 Å². The number of rotatable bonds is 4. The van der Waals surface area contributed by atoms with E-state index in [0.717, 1.165) is 0 Å². The molecule has 0 saturated heterocycles. The number of ether oxygens (including phenoxy) is 1. The number of aliphatic hydroxyl groups is 1. The van der Waals surface area contributed by atoms with E-state index in [1.807, 2.05) is 0 Å². The number of nitriles is 3. The Morgan fingerprint density at radius 2 is 1.80 bits per heavy atom. The van der Waals surface area contributed by atoms with Crippen LogP contribution in [-0.2, 0) is 4.74 Å². The van der Waals surface area contributed by atoms with Crippen molar-refractivity contribution in [3.8, 4) is 18.2 Å². The average molecular weight is 202 g/mol. The highest BCUT2D eigenvalue weighted by Gasteiger charge is 2.13. The Morgan fingerprint density at radius 1 is 1.20 bits per heavy atom. The molecule has 74 valence electrons. The van der Waals surface area contributed by atoms with E-state index >= 15 is 0 Å². The van der Waals surface area contributed by atoms with E-state index in [0.29, 0.717) is 0 Å². The van der Waals surface area contributed by atoms with E-state index in [2.05, 4.69) is 0 Å². The third-order valence-electron chi connectivity index (χ3n) is 1.25. The van der Waals surface area contributed by atoms with Gasteiger partial charge in [0.15, 0.2) is 16.9 Å². The minimum atomic E-state index is -0.431. The van der Waals surface area contributed by atoms with Crippen LogP contribution in [0.3, 0.4) is 0 Å². The monoisotopic (exact) mass is 202 g/mol. The lowest BCUT2D eigenvalue weighted by Gasteiger charge is -2.05. The molecule has 0 aromatic rings. The van der Waals surface area contributed by atoms with Gasteiger partial charge in [-0.1, -0.05) is 0 Å². The maximum absolute atomic E-state index is 8.57. The highest BCUT2D eigenvalue weighted by atomic mass is 16.5. The van der Waals surface area contributed by atoms with Gasteiger partial charge in [-0.2, -0.15) is 15.8 Å². The average Bonchev–Trinajstić information content (AvgIpc) is 2.28. The largest absolute Gasteiger partial charge is 0.487 e. The Bertz CT molecular complexity index is 422. The molecule has 0 aliphatic carbocycles. The molecule has 0 atom stereocenters. The van der Waals surface area contributed by atoms with Gasteiger partial charge in [0.05, 0.1) is 6.61 Å². The smallest absolute Gasteiger partial charge is 0.175 e. The molecule has 6 nitrogen and oxygen atoms in total. The fourth-order valence-electron chi connectivity index (χ4n) is 0.679. The predicted octanol–water partition coefficient (Wildman–Crippen LogP) is -0.00499. The van der Waals surface area contributed by atoms with Crippen LogP contribution in [0.2, 0.25) is 0 Å². The molecule has 0 aliphatic heterocycles. The lowest BCUT2D eigenvalue weighted by atomic mass is 10.1.